The monoisotopic (exact) mass is 283 g/mol. The smallest absolute Gasteiger partial charge is 0.144 e. The van der Waals surface area contributed by atoms with Crippen LogP contribution in [0.15, 0.2) is 5.38 Å². The van der Waals surface area contributed by atoms with Crippen LogP contribution in [0.5, 0.6) is 0 Å². The van der Waals surface area contributed by atoms with Gasteiger partial charge in [-0.05, 0) is 13.8 Å². The van der Waals surface area contributed by atoms with E-state index in [1.165, 1.54) is 11.3 Å². The number of halogens is 1. The lowest BCUT2D eigenvalue weighted by Crippen LogP contribution is -2.07. The number of Topliss-reactive ketones (excluding diaryl/α,β-unsaturated/α-hetero) is 1. The van der Waals surface area contributed by atoms with Crippen molar-refractivity contribution in [1.82, 2.24) is 14.8 Å². The number of carbonyl (C=O) groups is 1. The lowest BCUT2D eigenvalue weighted by atomic mass is 10.1. The summed E-state index contributed by atoms with van der Waals surface area (Å²) in [5, 5.41) is 7.54. The van der Waals surface area contributed by atoms with Gasteiger partial charge < -0.3 is 0 Å². The molecule has 2 aromatic heterocycles. The Morgan fingerprint density at radius 3 is 2.67 bits per heavy atom. The number of ketones is 1. The average molecular weight is 284 g/mol. The van der Waals surface area contributed by atoms with Crippen molar-refractivity contribution >= 4 is 28.7 Å². The fourth-order valence-corrected chi connectivity index (χ4v) is 2.83. The molecular formula is C12H14ClN3OS. The lowest BCUT2D eigenvalue weighted by molar-refractivity contribution is -0.117. The normalized spacial score (nSPS) is 10.9. The molecule has 0 saturated heterocycles. The van der Waals surface area contributed by atoms with Gasteiger partial charge in [-0.3, -0.25) is 9.48 Å². The molecule has 0 aliphatic carbocycles. The SMILES string of the molecule is Cc1csc(CC(=O)Cc2c(C)nn(C)c2Cl)n1. The third-order valence-electron chi connectivity index (χ3n) is 2.66. The van der Waals surface area contributed by atoms with E-state index >= 15 is 0 Å². The number of rotatable bonds is 4. The van der Waals surface area contributed by atoms with Crippen molar-refractivity contribution < 1.29 is 4.79 Å². The van der Waals surface area contributed by atoms with Crippen molar-refractivity contribution in [1.29, 1.82) is 0 Å². The van der Waals surface area contributed by atoms with Crippen LogP contribution in [0.3, 0.4) is 0 Å². The number of hydrogen-bond donors (Lipinski definition) is 0. The predicted molar refractivity (Wildman–Crippen MR) is 72.2 cm³/mol. The van der Waals surface area contributed by atoms with Gasteiger partial charge in [-0.15, -0.1) is 11.3 Å². The van der Waals surface area contributed by atoms with E-state index in [0.717, 1.165) is 22.0 Å². The van der Waals surface area contributed by atoms with Crippen molar-refractivity contribution in [2.75, 3.05) is 0 Å². The molecule has 0 unspecified atom stereocenters. The second-order valence-corrected chi connectivity index (χ2v) is 5.55. The summed E-state index contributed by atoms with van der Waals surface area (Å²) in [6.07, 6.45) is 0.681. The first kappa shape index (κ1) is 13.2. The third kappa shape index (κ3) is 2.79. The van der Waals surface area contributed by atoms with Gasteiger partial charge in [0.1, 0.15) is 15.9 Å². The summed E-state index contributed by atoms with van der Waals surface area (Å²) in [6.45, 7) is 3.79. The Kier molecular flexibility index (Phi) is 3.82. The van der Waals surface area contributed by atoms with Gasteiger partial charge in [0.05, 0.1) is 12.1 Å². The molecule has 2 heterocycles. The van der Waals surface area contributed by atoms with Crippen LogP contribution in [-0.4, -0.2) is 20.5 Å². The zero-order valence-electron chi connectivity index (χ0n) is 10.5. The maximum Gasteiger partial charge on any atom is 0.144 e. The van der Waals surface area contributed by atoms with Crippen molar-refractivity contribution in [3.05, 3.63) is 32.5 Å². The summed E-state index contributed by atoms with van der Waals surface area (Å²) < 4.78 is 1.59. The van der Waals surface area contributed by atoms with Crippen LogP contribution in [0.4, 0.5) is 0 Å². The van der Waals surface area contributed by atoms with Gasteiger partial charge in [0, 0.05) is 30.1 Å². The summed E-state index contributed by atoms with van der Waals surface area (Å²) >= 11 is 7.62. The molecule has 0 aliphatic rings. The standard InChI is InChI=1S/C12H14ClN3OS/c1-7-6-18-11(14-7)5-9(17)4-10-8(2)15-16(3)12(10)13/h6H,4-5H2,1-3H3. The van der Waals surface area contributed by atoms with Gasteiger partial charge >= 0.3 is 0 Å². The number of aromatic nitrogens is 3. The molecule has 0 amide bonds. The zero-order valence-corrected chi connectivity index (χ0v) is 12.1. The van der Waals surface area contributed by atoms with Gasteiger partial charge in [0.15, 0.2) is 0 Å². The molecule has 2 aromatic rings. The highest BCUT2D eigenvalue weighted by atomic mass is 35.5. The molecule has 18 heavy (non-hydrogen) atoms. The highest BCUT2D eigenvalue weighted by molar-refractivity contribution is 7.09. The maximum absolute atomic E-state index is 12.0. The fourth-order valence-electron chi connectivity index (χ4n) is 1.79. The molecule has 2 rings (SSSR count). The summed E-state index contributed by atoms with van der Waals surface area (Å²) in [7, 11) is 1.77. The van der Waals surface area contributed by atoms with Crippen LogP contribution in [-0.2, 0) is 24.7 Å². The molecule has 96 valence electrons. The Bertz CT molecular complexity index is 588. The molecule has 0 spiro atoms. The lowest BCUT2D eigenvalue weighted by Gasteiger charge is -1.99. The van der Waals surface area contributed by atoms with E-state index in [9.17, 15) is 4.79 Å². The molecule has 6 heteroatoms. The van der Waals surface area contributed by atoms with Crippen molar-refractivity contribution in [2.45, 2.75) is 26.7 Å². The summed E-state index contributed by atoms with van der Waals surface area (Å²) in [5.41, 5.74) is 2.59. The van der Waals surface area contributed by atoms with Gasteiger partial charge in [-0.25, -0.2) is 4.98 Å². The van der Waals surface area contributed by atoms with Crippen molar-refractivity contribution in [3.8, 4) is 0 Å². The topological polar surface area (TPSA) is 47.8 Å². The van der Waals surface area contributed by atoms with E-state index in [1.807, 2.05) is 19.2 Å². The Morgan fingerprint density at radius 1 is 1.44 bits per heavy atom. The van der Waals surface area contributed by atoms with Crippen molar-refractivity contribution in [3.63, 3.8) is 0 Å². The molecule has 0 saturated carbocycles. The molecule has 0 radical (unpaired) electrons. The van der Waals surface area contributed by atoms with Crippen LogP contribution in [0.25, 0.3) is 0 Å². The maximum atomic E-state index is 12.0. The van der Waals surface area contributed by atoms with E-state index in [-0.39, 0.29) is 5.78 Å². The van der Waals surface area contributed by atoms with Crippen LogP contribution in [0, 0.1) is 13.8 Å². The van der Waals surface area contributed by atoms with Gasteiger partial charge in [-0.1, -0.05) is 11.6 Å². The summed E-state index contributed by atoms with van der Waals surface area (Å²) in [5.74, 6) is 0.113. The molecule has 0 bridgehead atoms. The zero-order chi connectivity index (χ0) is 13.3. The average Bonchev–Trinajstić information content (AvgIpc) is 2.78. The number of thiazole rings is 1. The molecule has 4 nitrogen and oxygen atoms in total. The Morgan fingerprint density at radius 2 is 2.17 bits per heavy atom. The molecule has 0 aliphatic heterocycles. The Labute approximate surface area is 115 Å². The van der Waals surface area contributed by atoms with Gasteiger partial charge in [0.2, 0.25) is 0 Å². The van der Waals surface area contributed by atoms with E-state index in [2.05, 4.69) is 10.1 Å². The first-order valence-electron chi connectivity index (χ1n) is 5.58. The van der Waals surface area contributed by atoms with E-state index < -0.39 is 0 Å². The predicted octanol–water partition coefficient (Wildman–Crippen LogP) is 2.50. The van der Waals surface area contributed by atoms with Crippen LogP contribution < -0.4 is 0 Å². The van der Waals surface area contributed by atoms with Crippen LogP contribution >= 0.6 is 22.9 Å². The largest absolute Gasteiger partial charge is 0.299 e. The minimum atomic E-state index is 0.113. The summed E-state index contributed by atoms with van der Waals surface area (Å²) in [6, 6.07) is 0. The molecule has 0 aromatic carbocycles. The number of carbonyl (C=O) groups excluding carboxylic acids is 1. The molecule has 0 N–H and O–H groups in total. The van der Waals surface area contributed by atoms with E-state index in [0.29, 0.717) is 18.0 Å². The van der Waals surface area contributed by atoms with Crippen LogP contribution in [0.1, 0.15) is 22.0 Å². The second-order valence-electron chi connectivity index (χ2n) is 4.25. The van der Waals surface area contributed by atoms with Gasteiger partial charge in [-0.2, -0.15) is 5.10 Å². The van der Waals surface area contributed by atoms with E-state index in [1.54, 1.807) is 11.7 Å². The highest BCUT2D eigenvalue weighted by Crippen LogP contribution is 2.20. The highest BCUT2D eigenvalue weighted by Gasteiger charge is 2.16. The number of nitrogens with zero attached hydrogens (tertiary/aromatic N) is 3. The Balaban J connectivity index is 2.07. The molecule has 0 atom stereocenters. The third-order valence-corrected chi connectivity index (χ3v) is 4.10. The number of hydrogen-bond acceptors (Lipinski definition) is 4. The quantitative estimate of drug-likeness (QED) is 0.866. The van der Waals surface area contributed by atoms with Crippen molar-refractivity contribution in [2.24, 2.45) is 7.05 Å². The molecule has 0 fully saturated rings. The number of aryl methyl sites for hydroxylation is 3. The second kappa shape index (κ2) is 5.20. The van der Waals surface area contributed by atoms with Crippen LogP contribution in [0.2, 0.25) is 5.15 Å². The Hall–Kier alpha value is -1.20. The summed E-state index contributed by atoms with van der Waals surface area (Å²) in [4.78, 5) is 16.3. The first-order valence-corrected chi connectivity index (χ1v) is 6.84. The minimum absolute atomic E-state index is 0.113. The first-order chi connectivity index (χ1) is 8.47. The van der Waals surface area contributed by atoms with Gasteiger partial charge in [0.25, 0.3) is 0 Å². The van der Waals surface area contributed by atoms with E-state index in [4.69, 9.17) is 11.6 Å². The minimum Gasteiger partial charge on any atom is -0.299 e. The fraction of sp³-hybridized carbons (Fsp3) is 0.417. The molecular weight excluding hydrogens is 270 g/mol.